The van der Waals surface area contributed by atoms with E-state index < -0.39 is 0 Å². The first-order valence-corrected chi connectivity index (χ1v) is 7.75. The van der Waals surface area contributed by atoms with E-state index in [2.05, 4.69) is 34.1 Å². The normalized spacial score (nSPS) is 18.1. The first-order chi connectivity index (χ1) is 8.79. The fourth-order valence-electron chi connectivity index (χ4n) is 2.69. The quantitative estimate of drug-likeness (QED) is 0.906. The average Bonchev–Trinajstić information content (AvgIpc) is 2.33. The van der Waals surface area contributed by atoms with Gasteiger partial charge in [0.15, 0.2) is 0 Å². The lowest BCUT2D eigenvalue weighted by Crippen LogP contribution is -3.10. The van der Waals surface area contributed by atoms with Crippen LogP contribution in [0.15, 0.2) is 22.7 Å². The second-order valence-corrected chi connectivity index (χ2v) is 6.02. The molecule has 2 rings (SSSR count). The number of hydrogen-bond donors (Lipinski definition) is 1. The topological polar surface area (TPSA) is 13.7 Å². The first kappa shape index (κ1) is 13.9. The molecule has 0 aromatic heterocycles. The van der Waals surface area contributed by atoms with Gasteiger partial charge in [0.25, 0.3) is 0 Å². The molecule has 0 saturated carbocycles. The molecule has 1 aromatic carbocycles. The van der Waals surface area contributed by atoms with Crippen LogP contribution in [0.3, 0.4) is 0 Å². The monoisotopic (exact) mass is 312 g/mol. The Labute approximate surface area is 118 Å². The van der Waals surface area contributed by atoms with Crippen molar-refractivity contribution in [3.63, 3.8) is 0 Å². The van der Waals surface area contributed by atoms with Crippen molar-refractivity contribution in [1.29, 1.82) is 0 Å². The predicted octanol–water partition coefficient (Wildman–Crippen LogP) is 2.81. The standard InChI is InChI=1S/C15H22BrNO/c1-18-15-8-7-13(11-14(15)16)12-17-9-5-3-2-4-6-10-17/h7-8,11H,2-6,9-10,12H2,1H3/p+1. The van der Waals surface area contributed by atoms with Crippen molar-refractivity contribution in [1.82, 2.24) is 0 Å². The van der Waals surface area contributed by atoms with Gasteiger partial charge < -0.3 is 9.64 Å². The highest BCUT2D eigenvalue weighted by molar-refractivity contribution is 9.10. The number of ether oxygens (including phenoxy) is 1. The van der Waals surface area contributed by atoms with Crippen LogP contribution in [-0.4, -0.2) is 20.2 Å². The summed E-state index contributed by atoms with van der Waals surface area (Å²) in [6, 6.07) is 6.45. The molecular formula is C15H23BrNO+. The van der Waals surface area contributed by atoms with Gasteiger partial charge in [0, 0.05) is 5.56 Å². The van der Waals surface area contributed by atoms with E-state index in [1.165, 1.54) is 50.8 Å². The zero-order chi connectivity index (χ0) is 12.8. The van der Waals surface area contributed by atoms with Crippen LogP contribution in [0.1, 0.15) is 37.7 Å². The Kier molecular flexibility index (Phi) is 5.51. The summed E-state index contributed by atoms with van der Waals surface area (Å²) in [5.74, 6) is 0.918. The lowest BCUT2D eigenvalue weighted by atomic mass is 10.1. The van der Waals surface area contributed by atoms with Gasteiger partial charge in [0.05, 0.1) is 24.7 Å². The van der Waals surface area contributed by atoms with Crippen LogP contribution in [-0.2, 0) is 6.54 Å². The van der Waals surface area contributed by atoms with Gasteiger partial charge in [-0.25, -0.2) is 0 Å². The van der Waals surface area contributed by atoms with Crippen molar-refractivity contribution in [2.75, 3.05) is 20.2 Å². The Morgan fingerprint density at radius 2 is 1.78 bits per heavy atom. The van der Waals surface area contributed by atoms with E-state index in [-0.39, 0.29) is 0 Å². The van der Waals surface area contributed by atoms with Crippen molar-refractivity contribution >= 4 is 15.9 Å². The lowest BCUT2D eigenvalue weighted by molar-refractivity contribution is -0.914. The fourth-order valence-corrected chi connectivity index (χ4v) is 3.28. The van der Waals surface area contributed by atoms with Crippen LogP contribution in [0.25, 0.3) is 0 Å². The number of halogens is 1. The Morgan fingerprint density at radius 3 is 2.39 bits per heavy atom. The summed E-state index contributed by atoms with van der Waals surface area (Å²) in [4.78, 5) is 1.73. The average molecular weight is 313 g/mol. The molecule has 0 spiro atoms. The molecule has 0 aliphatic carbocycles. The highest BCUT2D eigenvalue weighted by Gasteiger charge is 2.12. The van der Waals surface area contributed by atoms with Crippen molar-refractivity contribution in [3.8, 4) is 5.75 Å². The van der Waals surface area contributed by atoms with Crippen LogP contribution < -0.4 is 9.64 Å². The first-order valence-electron chi connectivity index (χ1n) is 6.95. The predicted molar refractivity (Wildman–Crippen MR) is 78.2 cm³/mol. The summed E-state index contributed by atoms with van der Waals surface area (Å²) in [7, 11) is 1.71. The van der Waals surface area contributed by atoms with Gasteiger partial charge in [-0.2, -0.15) is 0 Å². The molecule has 1 N–H and O–H groups in total. The third kappa shape index (κ3) is 3.99. The molecule has 1 aromatic rings. The Balaban J connectivity index is 1.96. The molecule has 18 heavy (non-hydrogen) atoms. The minimum absolute atomic E-state index is 0.918. The molecule has 1 heterocycles. The van der Waals surface area contributed by atoms with Crippen LogP contribution >= 0.6 is 15.9 Å². The third-order valence-corrected chi connectivity index (χ3v) is 4.35. The van der Waals surface area contributed by atoms with Crippen molar-refractivity contribution in [2.45, 2.75) is 38.6 Å². The maximum absolute atomic E-state index is 5.27. The minimum Gasteiger partial charge on any atom is -0.496 e. The van der Waals surface area contributed by atoms with Crippen LogP contribution in [0.4, 0.5) is 0 Å². The van der Waals surface area contributed by atoms with Gasteiger partial charge in [-0.3, -0.25) is 0 Å². The van der Waals surface area contributed by atoms with E-state index in [0.717, 1.165) is 16.8 Å². The maximum atomic E-state index is 5.27. The smallest absolute Gasteiger partial charge is 0.133 e. The molecule has 100 valence electrons. The number of methoxy groups -OCH3 is 1. The van der Waals surface area contributed by atoms with Gasteiger partial charge in [-0.15, -0.1) is 0 Å². The van der Waals surface area contributed by atoms with Crippen molar-refractivity contribution < 1.29 is 9.64 Å². The zero-order valence-electron chi connectivity index (χ0n) is 11.2. The van der Waals surface area contributed by atoms with E-state index >= 15 is 0 Å². The van der Waals surface area contributed by atoms with Gasteiger partial charge in [0.2, 0.25) is 0 Å². The molecule has 0 radical (unpaired) electrons. The van der Waals surface area contributed by atoms with Gasteiger partial charge in [-0.1, -0.05) is 6.42 Å². The lowest BCUT2D eigenvalue weighted by Gasteiger charge is -2.22. The number of rotatable bonds is 3. The van der Waals surface area contributed by atoms with Crippen LogP contribution in [0.5, 0.6) is 5.75 Å². The summed E-state index contributed by atoms with van der Waals surface area (Å²) in [5.41, 5.74) is 1.40. The number of nitrogens with one attached hydrogen (secondary N) is 1. The summed E-state index contributed by atoms with van der Waals surface area (Å²) in [6.07, 6.45) is 7.02. The Bertz CT molecular complexity index is 373. The zero-order valence-corrected chi connectivity index (χ0v) is 12.8. The number of hydrogen-bond acceptors (Lipinski definition) is 1. The molecular weight excluding hydrogens is 290 g/mol. The summed E-state index contributed by atoms with van der Waals surface area (Å²) in [6.45, 7) is 3.79. The summed E-state index contributed by atoms with van der Waals surface area (Å²) < 4.78 is 6.34. The highest BCUT2D eigenvalue weighted by Crippen LogP contribution is 2.25. The molecule has 2 nitrogen and oxygen atoms in total. The largest absolute Gasteiger partial charge is 0.496 e. The molecule has 0 unspecified atom stereocenters. The SMILES string of the molecule is COc1ccc(C[NH+]2CCCCCCC2)cc1Br. The van der Waals surface area contributed by atoms with Crippen molar-refractivity contribution in [2.24, 2.45) is 0 Å². The molecule has 1 aliphatic heterocycles. The highest BCUT2D eigenvalue weighted by atomic mass is 79.9. The second kappa shape index (κ2) is 7.15. The van der Waals surface area contributed by atoms with Gasteiger partial charge in [0.1, 0.15) is 12.3 Å². The molecule has 1 fully saturated rings. The Hall–Kier alpha value is -0.540. The van der Waals surface area contributed by atoms with E-state index in [1.807, 2.05) is 0 Å². The van der Waals surface area contributed by atoms with E-state index in [1.54, 1.807) is 12.0 Å². The minimum atomic E-state index is 0.918. The number of quaternary nitrogens is 1. The molecule has 3 heteroatoms. The van der Waals surface area contributed by atoms with E-state index in [0.29, 0.717) is 0 Å². The van der Waals surface area contributed by atoms with Gasteiger partial charge >= 0.3 is 0 Å². The van der Waals surface area contributed by atoms with Crippen molar-refractivity contribution in [3.05, 3.63) is 28.2 Å². The number of benzene rings is 1. The summed E-state index contributed by atoms with van der Waals surface area (Å²) >= 11 is 3.57. The van der Waals surface area contributed by atoms with Crippen LogP contribution in [0.2, 0.25) is 0 Å². The molecule has 0 atom stereocenters. The van der Waals surface area contributed by atoms with E-state index in [9.17, 15) is 0 Å². The summed E-state index contributed by atoms with van der Waals surface area (Å²) in [5, 5.41) is 0. The molecule has 1 aliphatic rings. The molecule has 1 saturated heterocycles. The van der Waals surface area contributed by atoms with E-state index in [4.69, 9.17) is 4.74 Å². The molecule has 0 amide bonds. The third-order valence-electron chi connectivity index (χ3n) is 3.73. The maximum Gasteiger partial charge on any atom is 0.133 e. The fraction of sp³-hybridized carbons (Fsp3) is 0.600. The van der Waals surface area contributed by atoms with Gasteiger partial charge in [-0.05, 0) is 59.8 Å². The molecule has 0 bridgehead atoms. The number of likely N-dealkylation sites (tertiary alicyclic amines) is 1. The second-order valence-electron chi connectivity index (χ2n) is 5.16. The Morgan fingerprint density at radius 1 is 1.11 bits per heavy atom. The van der Waals surface area contributed by atoms with Crippen LogP contribution in [0, 0.1) is 0 Å².